The molecule has 198 valence electrons. The summed E-state index contributed by atoms with van der Waals surface area (Å²) in [4.78, 5) is 56.2. The standard InChI is InChI=1S/C27H35N5O5/c1-4-37-27(36)21-11-7-12-30(17-21)24(33)18-29(3)25(34)22-15-23-26(35)31(13-8-14-32(23)28-22)16-20-10-6-5-9-19(20)2/h5-6,9-10,15,21H,4,7-8,11-14,16-18H2,1-3H3/t21-/m1/s1. The fourth-order valence-corrected chi connectivity index (χ4v) is 4.91. The number of hydrogen-bond donors (Lipinski definition) is 0. The quantitative estimate of drug-likeness (QED) is 0.530. The number of nitrogens with zero attached hydrogens (tertiary/aromatic N) is 5. The van der Waals surface area contributed by atoms with Crippen molar-refractivity contribution in [2.24, 2.45) is 5.92 Å². The Labute approximate surface area is 217 Å². The summed E-state index contributed by atoms with van der Waals surface area (Å²) in [7, 11) is 1.55. The van der Waals surface area contributed by atoms with Gasteiger partial charge < -0.3 is 19.4 Å². The van der Waals surface area contributed by atoms with E-state index in [-0.39, 0.29) is 35.9 Å². The molecule has 0 radical (unpaired) electrons. The van der Waals surface area contributed by atoms with Crippen LogP contribution in [0.3, 0.4) is 0 Å². The fourth-order valence-electron chi connectivity index (χ4n) is 4.91. The lowest BCUT2D eigenvalue weighted by Gasteiger charge is -2.32. The van der Waals surface area contributed by atoms with E-state index in [1.807, 2.05) is 31.2 Å². The number of carbonyl (C=O) groups is 4. The molecule has 1 atom stereocenters. The lowest BCUT2D eigenvalue weighted by atomic mass is 9.98. The smallest absolute Gasteiger partial charge is 0.310 e. The minimum absolute atomic E-state index is 0.135. The summed E-state index contributed by atoms with van der Waals surface area (Å²) in [5.74, 6) is -1.44. The van der Waals surface area contributed by atoms with Crippen LogP contribution in [0.2, 0.25) is 0 Å². The van der Waals surface area contributed by atoms with Crippen LogP contribution in [0.25, 0.3) is 0 Å². The number of aryl methyl sites for hydroxylation is 2. The van der Waals surface area contributed by atoms with Crippen LogP contribution in [0.1, 0.15) is 58.3 Å². The molecule has 4 rings (SSSR count). The first-order valence-corrected chi connectivity index (χ1v) is 12.9. The van der Waals surface area contributed by atoms with Crippen molar-refractivity contribution in [1.82, 2.24) is 24.5 Å². The number of rotatable bonds is 7. The zero-order chi connectivity index (χ0) is 26.5. The second kappa shape index (κ2) is 11.6. The van der Waals surface area contributed by atoms with E-state index in [0.29, 0.717) is 57.9 Å². The van der Waals surface area contributed by atoms with E-state index in [1.165, 1.54) is 11.0 Å². The van der Waals surface area contributed by atoms with Crippen molar-refractivity contribution in [3.8, 4) is 0 Å². The number of esters is 1. The largest absolute Gasteiger partial charge is 0.466 e. The lowest BCUT2D eigenvalue weighted by Crippen LogP contribution is -2.47. The van der Waals surface area contributed by atoms with Crippen molar-refractivity contribution >= 4 is 23.7 Å². The van der Waals surface area contributed by atoms with Crippen LogP contribution in [0, 0.1) is 12.8 Å². The van der Waals surface area contributed by atoms with Gasteiger partial charge in [-0.15, -0.1) is 0 Å². The van der Waals surface area contributed by atoms with Gasteiger partial charge in [-0.05, 0) is 44.2 Å². The molecule has 0 N–H and O–H groups in total. The molecule has 3 amide bonds. The van der Waals surface area contributed by atoms with Crippen molar-refractivity contribution in [3.63, 3.8) is 0 Å². The van der Waals surface area contributed by atoms with Crippen molar-refractivity contribution in [3.05, 3.63) is 52.8 Å². The molecule has 0 spiro atoms. The molecule has 3 heterocycles. The predicted molar refractivity (Wildman–Crippen MR) is 136 cm³/mol. The number of fused-ring (bicyclic) bond motifs is 1. The molecule has 0 bridgehead atoms. The molecule has 1 saturated heterocycles. The van der Waals surface area contributed by atoms with E-state index in [0.717, 1.165) is 17.5 Å². The molecule has 37 heavy (non-hydrogen) atoms. The van der Waals surface area contributed by atoms with Gasteiger partial charge in [-0.25, -0.2) is 0 Å². The van der Waals surface area contributed by atoms with Gasteiger partial charge in [0.1, 0.15) is 5.69 Å². The second-order valence-corrected chi connectivity index (χ2v) is 9.74. The van der Waals surface area contributed by atoms with Crippen LogP contribution in [0.4, 0.5) is 0 Å². The van der Waals surface area contributed by atoms with Crippen LogP contribution in [0.5, 0.6) is 0 Å². The number of aromatic nitrogens is 2. The summed E-state index contributed by atoms with van der Waals surface area (Å²) in [5.41, 5.74) is 2.72. The molecule has 1 aromatic heterocycles. The molecular weight excluding hydrogens is 474 g/mol. The molecule has 10 nitrogen and oxygen atoms in total. The maximum Gasteiger partial charge on any atom is 0.310 e. The summed E-state index contributed by atoms with van der Waals surface area (Å²) < 4.78 is 6.70. The number of likely N-dealkylation sites (N-methyl/N-ethyl adjacent to an activating group) is 1. The van der Waals surface area contributed by atoms with Gasteiger partial charge in [0, 0.05) is 45.8 Å². The number of carbonyl (C=O) groups excluding carboxylic acids is 4. The normalized spacial score (nSPS) is 17.7. The van der Waals surface area contributed by atoms with E-state index in [4.69, 9.17) is 4.74 Å². The molecule has 2 aromatic rings. The predicted octanol–water partition coefficient (Wildman–Crippen LogP) is 2.11. The number of hydrogen-bond acceptors (Lipinski definition) is 6. The summed E-state index contributed by atoms with van der Waals surface area (Å²) in [5, 5.41) is 4.41. The summed E-state index contributed by atoms with van der Waals surface area (Å²) >= 11 is 0. The van der Waals surface area contributed by atoms with E-state index >= 15 is 0 Å². The van der Waals surface area contributed by atoms with Gasteiger partial charge in [0.2, 0.25) is 5.91 Å². The Morgan fingerprint density at radius 1 is 1.14 bits per heavy atom. The van der Waals surface area contributed by atoms with Crippen LogP contribution in [0.15, 0.2) is 30.3 Å². The third-order valence-electron chi connectivity index (χ3n) is 7.04. The maximum atomic E-state index is 13.3. The van der Waals surface area contributed by atoms with Gasteiger partial charge in [0.05, 0.1) is 19.1 Å². The molecule has 2 aliphatic heterocycles. The van der Waals surface area contributed by atoms with Crippen LogP contribution in [-0.2, 0) is 27.4 Å². The third kappa shape index (κ3) is 6.00. The molecule has 0 aliphatic carbocycles. The zero-order valence-corrected chi connectivity index (χ0v) is 21.8. The number of piperidine rings is 1. The van der Waals surface area contributed by atoms with Crippen molar-refractivity contribution in [2.75, 3.05) is 39.8 Å². The molecule has 10 heteroatoms. The van der Waals surface area contributed by atoms with Crippen LogP contribution < -0.4 is 0 Å². The van der Waals surface area contributed by atoms with E-state index in [9.17, 15) is 19.2 Å². The van der Waals surface area contributed by atoms with Gasteiger partial charge >= 0.3 is 5.97 Å². The van der Waals surface area contributed by atoms with Crippen molar-refractivity contribution in [1.29, 1.82) is 0 Å². The first kappa shape index (κ1) is 26.4. The highest BCUT2D eigenvalue weighted by molar-refractivity contribution is 5.99. The van der Waals surface area contributed by atoms with Gasteiger partial charge in [0.15, 0.2) is 5.69 Å². The van der Waals surface area contributed by atoms with Gasteiger partial charge in [-0.1, -0.05) is 24.3 Å². The Bertz CT molecular complexity index is 1180. The number of likely N-dealkylation sites (tertiary alicyclic amines) is 1. The zero-order valence-electron chi connectivity index (χ0n) is 21.8. The highest BCUT2D eigenvalue weighted by atomic mass is 16.5. The average Bonchev–Trinajstić information content (AvgIpc) is 3.26. The number of ether oxygens (including phenoxy) is 1. The van der Waals surface area contributed by atoms with Crippen molar-refractivity contribution in [2.45, 2.75) is 46.2 Å². The molecule has 1 aromatic carbocycles. The summed E-state index contributed by atoms with van der Waals surface area (Å²) in [6.45, 7) is 6.43. The first-order valence-electron chi connectivity index (χ1n) is 12.9. The Kier molecular flexibility index (Phi) is 8.25. The minimum Gasteiger partial charge on any atom is -0.466 e. The lowest BCUT2D eigenvalue weighted by molar-refractivity contribution is -0.151. The Hall–Kier alpha value is -3.69. The van der Waals surface area contributed by atoms with E-state index in [2.05, 4.69) is 5.10 Å². The highest BCUT2D eigenvalue weighted by Gasteiger charge is 2.31. The molecule has 0 saturated carbocycles. The second-order valence-electron chi connectivity index (χ2n) is 9.74. The SMILES string of the molecule is CCOC(=O)[C@@H]1CCCN(C(=O)CN(C)C(=O)c2cc3n(n2)CCCN(Cc2ccccc2C)C3=O)C1. The van der Waals surface area contributed by atoms with Crippen LogP contribution in [-0.4, -0.2) is 88.0 Å². The fraction of sp³-hybridized carbons (Fsp3) is 0.519. The van der Waals surface area contributed by atoms with Crippen molar-refractivity contribution < 1.29 is 23.9 Å². The average molecular weight is 510 g/mol. The number of amides is 3. The first-order chi connectivity index (χ1) is 17.8. The summed E-state index contributed by atoms with van der Waals surface area (Å²) in [6, 6.07) is 9.50. The Morgan fingerprint density at radius 3 is 2.68 bits per heavy atom. The topological polar surface area (TPSA) is 105 Å². The minimum atomic E-state index is -0.425. The molecule has 1 fully saturated rings. The molecular formula is C27H35N5O5. The van der Waals surface area contributed by atoms with E-state index < -0.39 is 5.91 Å². The Morgan fingerprint density at radius 2 is 1.92 bits per heavy atom. The highest BCUT2D eigenvalue weighted by Crippen LogP contribution is 2.20. The number of benzene rings is 1. The van der Waals surface area contributed by atoms with E-state index in [1.54, 1.807) is 28.5 Å². The maximum absolute atomic E-state index is 13.3. The molecule has 0 unspecified atom stereocenters. The monoisotopic (exact) mass is 509 g/mol. The van der Waals surface area contributed by atoms with Gasteiger partial charge in [0.25, 0.3) is 11.8 Å². The summed E-state index contributed by atoms with van der Waals surface area (Å²) in [6.07, 6.45) is 2.12. The van der Waals surface area contributed by atoms with Gasteiger partial charge in [-0.2, -0.15) is 5.10 Å². The van der Waals surface area contributed by atoms with Crippen LogP contribution >= 0.6 is 0 Å². The Balaban J connectivity index is 1.40. The molecule has 2 aliphatic rings. The third-order valence-corrected chi connectivity index (χ3v) is 7.04. The van der Waals surface area contributed by atoms with Gasteiger partial charge in [-0.3, -0.25) is 23.9 Å².